The molecule has 4 rings (SSSR count). The molecule has 0 aliphatic heterocycles. The van der Waals surface area contributed by atoms with Crippen LogP contribution in [0.3, 0.4) is 0 Å². The van der Waals surface area contributed by atoms with E-state index in [9.17, 15) is 23.3 Å². The van der Waals surface area contributed by atoms with Gasteiger partial charge in [0, 0.05) is 21.6 Å². The fourth-order valence-corrected chi connectivity index (χ4v) is 6.75. The lowest BCUT2D eigenvalue weighted by molar-refractivity contribution is -0.129. The molecule has 3 aliphatic rings. The number of rotatable bonds is 3. The van der Waals surface area contributed by atoms with E-state index in [-0.39, 0.29) is 34.8 Å². The van der Waals surface area contributed by atoms with Gasteiger partial charge >= 0.3 is 7.12 Å². The lowest BCUT2D eigenvalue weighted by atomic mass is 9.53. The van der Waals surface area contributed by atoms with E-state index in [1.54, 1.807) is 12.1 Å². The maximum atomic E-state index is 13.5. The summed E-state index contributed by atoms with van der Waals surface area (Å²) in [5.74, 6) is 0.843. The van der Waals surface area contributed by atoms with Gasteiger partial charge in [-0.25, -0.2) is 0 Å². The fraction of sp³-hybridized carbons (Fsp3) is 0.632. The molecule has 1 unspecified atom stereocenters. The highest BCUT2D eigenvalue weighted by atomic mass is 32.3. The minimum Gasteiger partial charge on any atom is -0.581 e. The number of hydrogen-bond donors (Lipinski definition) is 2. The van der Waals surface area contributed by atoms with Gasteiger partial charge in [0.2, 0.25) is 0 Å². The summed E-state index contributed by atoms with van der Waals surface area (Å²) in [6, 6.07) is 5.49. The van der Waals surface area contributed by atoms with Gasteiger partial charge in [-0.05, 0) is 60.0 Å². The molecule has 0 bridgehead atoms. The maximum absolute atomic E-state index is 13.5. The molecule has 4 nitrogen and oxygen atoms in total. The van der Waals surface area contributed by atoms with Crippen molar-refractivity contribution in [3.8, 4) is 0 Å². The Kier molecular flexibility index (Phi) is 4.70. The molecular weight excluding hydrogens is 354 g/mol. The van der Waals surface area contributed by atoms with Gasteiger partial charge in [-0.2, -0.15) is 0 Å². The Morgan fingerprint density at radius 3 is 2.85 bits per heavy atom. The van der Waals surface area contributed by atoms with E-state index < -0.39 is 18.7 Å². The lowest BCUT2D eigenvalue weighted by Crippen LogP contribution is -2.47. The molecule has 0 heterocycles. The first-order chi connectivity index (χ1) is 12.3. The predicted molar refractivity (Wildman–Crippen MR) is 98.9 cm³/mol. The van der Waals surface area contributed by atoms with Crippen molar-refractivity contribution < 1.29 is 23.3 Å². The van der Waals surface area contributed by atoms with Crippen LogP contribution in [0.2, 0.25) is 0 Å². The predicted octanol–water partition coefficient (Wildman–Crippen LogP) is 1.65. The second kappa shape index (κ2) is 6.62. The molecule has 1 aromatic carbocycles. The summed E-state index contributed by atoms with van der Waals surface area (Å²) < 4.78 is 24.9. The van der Waals surface area contributed by atoms with Crippen LogP contribution in [0.5, 0.6) is 0 Å². The van der Waals surface area contributed by atoms with Crippen LogP contribution < -0.4 is 5.46 Å². The van der Waals surface area contributed by atoms with E-state index in [1.807, 2.05) is 6.07 Å². The molecule has 0 saturated heterocycles. The minimum atomic E-state index is -2.38. The molecule has 0 radical (unpaired) electrons. The Morgan fingerprint density at radius 1 is 1.38 bits per heavy atom. The maximum Gasteiger partial charge on any atom is 0.488 e. The summed E-state index contributed by atoms with van der Waals surface area (Å²) in [5.41, 5.74) is 2.29. The van der Waals surface area contributed by atoms with Crippen molar-refractivity contribution in [2.45, 2.75) is 44.9 Å². The van der Waals surface area contributed by atoms with Crippen LogP contribution in [0.4, 0.5) is 3.89 Å². The zero-order valence-electron chi connectivity index (χ0n) is 14.9. The van der Waals surface area contributed by atoms with Gasteiger partial charge in [0.1, 0.15) is 11.5 Å². The van der Waals surface area contributed by atoms with Crippen LogP contribution in [0.1, 0.15) is 49.7 Å². The first kappa shape index (κ1) is 18.5. The molecule has 2 N–H and O–H groups in total. The van der Waals surface area contributed by atoms with Crippen molar-refractivity contribution in [1.82, 2.24) is 0 Å². The van der Waals surface area contributed by atoms with Crippen molar-refractivity contribution in [3.05, 3.63) is 29.3 Å². The van der Waals surface area contributed by atoms with E-state index in [4.69, 9.17) is 0 Å². The first-order valence-electron chi connectivity index (χ1n) is 9.38. The van der Waals surface area contributed by atoms with Gasteiger partial charge in [0.25, 0.3) is 0 Å². The number of carbonyl (C=O) groups excluding carboxylic acids is 1. The van der Waals surface area contributed by atoms with E-state index in [0.717, 1.165) is 24.8 Å². The second-order valence-corrected chi connectivity index (χ2v) is 9.37. The van der Waals surface area contributed by atoms with Crippen LogP contribution in [0, 0.1) is 23.2 Å². The highest BCUT2D eigenvalue weighted by molar-refractivity contribution is 7.86. The summed E-state index contributed by atoms with van der Waals surface area (Å²) in [7, 11) is -1.53. The zero-order valence-corrected chi connectivity index (χ0v) is 15.7. The topological polar surface area (TPSA) is 80.6 Å². The van der Waals surface area contributed by atoms with Crippen molar-refractivity contribution in [1.29, 1.82) is 0 Å². The Hall–Kier alpha value is -0.885. The highest BCUT2D eigenvalue weighted by Crippen LogP contribution is 2.60. The van der Waals surface area contributed by atoms with E-state index >= 15 is 0 Å². The third-order valence-electron chi connectivity index (χ3n) is 7.28. The Balaban J connectivity index is 1.76. The largest absolute Gasteiger partial charge is 0.581 e. The molecule has 0 spiro atoms. The molecule has 140 valence electrons. The van der Waals surface area contributed by atoms with Gasteiger partial charge in [0.05, 0.1) is 0 Å². The SMILES string of the molecule is C[C@]12CC[C@@H]3c4ccc(B(O)O)cc4C[C@@H](C[S+]([O-])F)[C@H]3[C@@H]1CCC2=O. The fourth-order valence-electron chi connectivity index (χ4n) is 6.07. The Labute approximate surface area is 156 Å². The average Bonchev–Trinajstić information content (AvgIpc) is 2.89. The van der Waals surface area contributed by atoms with E-state index in [0.29, 0.717) is 24.1 Å². The van der Waals surface area contributed by atoms with Crippen molar-refractivity contribution in [2.24, 2.45) is 23.2 Å². The van der Waals surface area contributed by atoms with Gasteiger partial charge in [0.15, 0.2) is 11.6 Å². The second-order valence-electron chi connectivity index (χ2n) is 8.46. The molecule has 0 amide bonds. The molecular formula is C19H24BFO4S. The average molecular weight is 378 g/mol. The Morgan fingerprint density at radius 2 is 2.15 bits per heavy atom. The molecule has 1 aromatic rings. The third-order valence-corrected chi connectivity index (χ3v) is 7.97. The number of carbonyl (C=O) groups is 1. The van der Waals surface area contributed by atoms with E-state index in [2.05, 4.69) is 6.92 Å². The van der Waals surface area contributed by atoms with Gasteiger partial charge in [-0.1, -0.05) is 25.1 Å². The number of Topliss-reactive ketones (excluding diaryl/α,β-unsaturated/α-hetero) is 1. The molecule has 0 aromatic heterocycles. The molecule has 26 heavy (non-hydrogen) atoms. The highest BCUT2D eigenvalue weighted by Gasteiger charge is 2.57. The van der Waals surface area contributed by atoms with Crippen LogP contribution in [-0.4, -0.2) is 33.3 Å². The van der Waals surface area contributed by atoms with Gasteiger partial charge in [-0.3, -0.25) is 4.79 Å². The lowest BCUT2D eigenvalue weighted by Gasteiger charge is -2.51. The van der Waals surface area contributed by atoms with Crippen molar-refractivity contribution in [2.75, 3.05) is 5.75 Å². The van der Waals surface area contributed by atoms with Gasteiger partial charge in [-0.15, -0.1) is 0 Å². The number of hydrogen-bond acceptors (Lipinski definition) is 4. The quantitative estimate of drug-likeness (QED) is 0.619. The summed E-state index contributed by atoms with van der Waals surface area (Å²) in [6.45, 7) is 2.06. The summed E-state index contributed by atoms with van der Waals surface area (Å²) in [6.07, 6.45) is 3.72. The summed E-state index contributed by atoms with van der Waals surface area (Å²) >= 11 is -2.38. The van der Waals surface area contributed by atoms with E-state index in [1.165, 1.54) is 5.56 Å². The normalized spacial score (nSPS) is 36.9. The number of fused-ring (bicyclic) bond motifs is 5. The van der Waals surface area contributed by atoms with Crippen molar-refractivity contribution in [3.63, 3.8) is 0 Å². The molecule has 3 aliphatic carbocycles. The zero-order chi connectivity index (χ0) is 18.6. The molecule has 2 fully saturated rings. The Bertz CT molecular complexity index is 727. The van der Waals surface area contributed by atoms with Crippen molar-refractivity contribution >= 4 is 29.9 Å². The van der Waals surface area contributed by atoms with Crippen LogP contribution in [0.15, 0.2) is 18.2 Å². The summed E-state index contributed by atoms with van der Waals surface area (Å²) in [4.78, 5) is 12.5. The number of ketones is 1. The van der Waals surface area contributed by atoms with Crippen LogP contribution in [-0.2, 0) is 22.8 Å². The smallest absolute Gasteiger partial charge is 0.488 e. The monoisotopic (exact) mass is 378 g/mol. The molecule has 6 atom stereocenters. The van der Waals surface area contributed by atoms with Crippen LogP contribution in [0.25, 0.3) is 0 Å². The third kappa shape index (κ3) is 2.84. The summed E-state index contributed by atoms with van der Waals surface area (Å²) in [5, 5.41) is 18.9. The number of halogens is 1. The minimum absolute atomic E-state index is 0.00666. The standard InChI is InChI=1S/C19H24BFO4S/c1-19-7-6-15-14-3-2-13(20(23)24)9-11(14)8-12(10-26(21)25)18(15)16(19)4-5-17(19)22/h2-3,9,12,15-16,18,23-24H,4-8,10H2,1H3/t12-,15+,16-,18+,19-,26?/m0/s1. The first-order valence-corrected chi connectivity index (χ1v) is 10.6. The van der Waals surface area contributed by atoms with Gasteiger partial charge < -0.3 is 14.6 Å². The molecule has 2 saturated carbocycles. The van der Waals surface area contributed by atoms with Crippen LogP contribution >= 0.6 is 0 Å². The number of benzene rings is 1. The molecule has 7 heteroatoms.